The number of hydrogen-bond acceptors (Lipinski definition) is 4. The molecule has 0 saturated heterocycles. The van der Waals surface area contributed by atoms with Gasteiger partial charge in [0.25, 0.3) is 0 Å². The van der Waals surface area contributed by atoms with Crippen molar-refractivity contribution in [2.45, 2.75) is 46.6 Å². The van der Waals surface area contributed by atoms with Crippen molar-refractivity contribution in [3.05, 3.63) is 52.2 Å². The Morgan fingerprint density at radius 2 is 2.00 bits per heavy atom. The SMILES string of the molecule is Cc1cc(C)c2ncc(C#N)c(N3CCc4c(nc(C(C)C)n4C)C3)c2c1. The fourth-order valence-corrected chi connectivity index (χ4v) is 4.33. The van der Waals surface area contributed by atoms with Gasteiger partial charge in [-0.25, -0.2) is 4.98 Å². The summed E-state index contributed by atoms with van der Waals surface area (Å²) in [5.41, 5.74) is 7.39. The Kier molecular flexibility index (Phi) is 4.15. The second-order valence-electron chi connectivity index (χ2n) is 7.86. The summed E-state index contributed by atoms with van der Waals surface area (Å²) in [6.45, 7) is 10.2. The van der Waals surface area contributed by atoms with E-state index >= 15 is 0 Å². The fraction of sp³-hybridized carbons (Fsp3) is 0.409. The van der Waals surface area contributed by atoms with Crippen LogP contribution in [0.1, 0.15) is 53.7 Å². The first-order valence-corrected chi connectivity index (χ1v) is 9.50. The number of nitrogens with zero attached hydrogens (tertiary/aromatic N) is 5. The topological polar surface area (TPSA) is 57.7 Å². The second-order valence-corrected chi connectivity index (χ2v) is 7.86. The number of hydrogen-bond donors (Lipinski definition) is 0. The average Bonchev–Trinajstić information content (AvgIpc) is 2.97. The maximum atomic E-state index is 9.73. The van der Waals surface area contributed by atoms with Gasteiger partial charge in [0.2, 0.25) is 0 Å². The van der Waals surface area contributed by atoms with Crippen molar-refractivity contribution >= 4 is 16.6 Å². The molecular formula is C22H25N5. The molecule has 0 bridgehead atoms. The van der Waals surface area contributed by atoms with Crippen LogP contribution < -0.4 is 4.90 Å². The molecule has 0 atom stereocenters. The highest BCUT2D eigenvalue weighted by Crippen LogP contribution is 2.35. The number of rotatable bonds is 2. The van der Waals surface area contributed by atoms with Gasteiger partial charge in [-0.15, -0.1) is 0 Å². The molecule has 0 N–H and O–H groups in total. The zero-order valence-electron chi connectivity index (χ0n) is 16.7. The Hall–Kier alpha value is -2.87. The molecule has 0 spiro atoms. The number of anilines is 1. The molecule has 4 rings (SSSR count). The maximum absolute atomic E-state index is 9.73. The van der Waals surface area contributed by atoms with E-state index in [0.29, 0.717) is 11.5 Å². The molecule has 5 heteroatoms. The van der Waals surface area contributed by atoms with Crippen LogP contribution in [-0.4, -0.2) is 21.1 Å². The Morgan fingerprint density at radius 1 is 1.22 bits per heavy atom. The molecule has 3 aromatic rings. The summed E-state index contributed by atoms with van der Waals surface area (Å²) in [7, 11) is 2.12. The van der Waals surface area contributed by atoms with E-state index < -0.39 is 0 Å². The zero-order valence-corrected chi connectivity index (χ0v) is 16.7. The Balaban J connectivity index is 1.86. The van der Waals surface area contributed by atoms with Crippen molar-refractivity contribution in [2.75, 3.05) is 11.4 Å². The van der Waals surface area contributed by atoms with Crippen LogP contribution in [0, 0.1) is 25.2 Å². The summed E-state index contributed by atoms with van der Waals surface area (Å²) in [5.74, 6) is 1.53. The van der Waals surface area contributed by atoms with E-state index in [1.165, 1.54) is 11.3 Å². The van der Waals surface area contributed by atoms with E-state index in [-0.39, 0.29) is 0 Å². The van der Waals surface area contributed by atoms with Gasteiger partial charge in [-0.05, 0) is 25.5 Å². The number of pyridine rings is 1. The van der Waals surface area contributed by atoms with Gasteiger partial charge in [0.15, 0.2) is 0 Å². The summed E-state index contributed by atoms with van der Waals surface area (Å²) in [5, 5.41) is 10.8. The summed E-state index contributed by atoms with van der Waals surface area (Å²) >= 11 is 0. The molecule has 0 radical (unpaired) electrons. The first kappa shape index (κ1) is 17.5. The van der Waals surface area contributed by atoms with Crippen LogP contribution in [0.3, 0.4) is 0 Å². The number of aryl methyl sites for hydroxylation is 2. The van der Waals surface area contributed by atoms with Crippen LogP contribution >= 0.6 is 0 Å². The minimum atomic E-state index is 0.399. The quantitative estimate of drug-likeness (QED) is 0.690. The molecular weight excluding hydrogens is 334 g/mol. The molecule has 1 aliphatic heterocycles. The molecule has 0 unspecified atom stereocenters. The third-order valence-electron chi connectivity index (χ3n) is 5.52. The van der Waals surface area contributed by atoms with Gasteiger partial charge in [-0.1, -0.05) is 25.5 Å². The van der Waals surface area contributed by atoms with Gasteiger partial charge in [0.05, 0.1) is 29.0 Å². The molecule has 0 fully saturated rings. The van der Waals surface area contributed by atoms with E-state index in [4.69, 9.17) is 4.98 Å². The highest BCUT2D eigenvalue weighted by atomic mass is 15.2. The molecule has 3 heterocycles. The minimum Gasteiger partial charge on any atom is -0.364 e. The molecule has 1 aliphatic rings. The van der Waals surface area contributed by atoms with E-state index in [0.717, 1.165) is 53.2 Å². The third kappa shape index (κ3) is 2.76. The van der Waals surface area contributed by atoms with Crippen molar-refractivity contribution in [1.82, 2.24) is 14.5 Å². The van der Waals surface area contributed by atoms with Gasteiger partial charge in [0.1, 0.15) is 11.9 Å². The predicted molar refractivity (Wildman–Crippen MR) is 108 cm³/mol. The normalized spacial score (nSPS) is 13.9. The Labute approximate surface area is 160 Å². The largest absolute Gasteiger partial charge is 0.364 e. The number of aromatic nitrogens is 3. The van der Waals surface area contributed by atoms with Crippen LogP contribution in [0.5, 0.6) is 0 Å². The van der Waals surface area contributed by atoms with Crippen LogP contribution in [0.15, 0.2) is 18.3 Å². The molecule has 0 saturated carbocycles. The average molecular weight is 359 g/mol. The lowest BCUT2D eigenvalue weighted by Crippen LogP contribution is -2.32. The lowest BCUT2D eigenvalue weighted by molar-refractivity contribution is 0.663. The fourth-order valence-electron chi connectivity index (χ4n) is 4.33. The van der Waals surface area contributed by atoms with Crippen LogP contribution in [-0.2, 0) is 20.0 Å². The number of nitriles is 1. The smallest absolute Gasteiger partial charge is 0.111 e. The van der Waals surface area contributed by atoms with Gasteiger partial charge in [0, 0.05) is 43.2 Å². The first-order valence-electron chi connectivity index (χ1n) is 9.50. The molecule has 27 heavy (non-hydrogen) atoms. The number of fused-ring (bicyclic) bond motifs is 2. The monoisotopic (exact) mass is 359 g/mol. The lowest BCUT2D eigenvalue weighted by Gasteiger charge is -2.30. The van der Waals surface area contributed by atoms with Crippen molar-refractivity contribution in [3.8, 4) is 6.07 Å². The van der Waals surface area contributed by atoms with Gasteiger partial charge < -0.3 is 9.47 Å². The van der Waals surface area contributed by atoms with E-state index in [1.54, 1.807) is 6.20 Å². The maximum Gasteiger partial charge on any atom is 0.111 e. The zero-order chi connectivity index (χ0) is 19.3. The molecule has 0 amide bonds. The highest BCUT2D eigenvalue weighted by Gasteiger charge is 2.26. The van der Waals surface area contributed by atoms with Crippen molar-refractivity contribution < 1.29 is 0 Å². The highest BCUT2D eigenvalue weighted by molar-refractivity contribution is 5.96. The standard InChI is InChI=1S/C22H25N5/c1-13(2)22-25-18-12-27(7-6-19(18)26(22)5)21-16(10-23)11-24-20-15(4)8-14(3)9-17(20)21/h8-9,11,13H,6-7,12H2,1-5H3. The first-order chi connectivity index (χ1) is 12.9. The molecule has 2 aromatic heterocycles. The van der Waals surface area contributed by atoms with Gasteiger partial charge in [-0.2, -0.15) is 5.26 Å². The number of benzene rings is 1. The van der Waals surface area contributed by atoms with Crippen LogP contribution in [0.4, 0.5) is 5.69 Å². The van der Waals surface area contributed by atoms with Crippen LogP contribution in [0.2, 0.25) is 0 Å². The summed E-state index contributed by atoms with van der Waals surface area (Å²) in [6.07, 6.45) is 2.65. The van der Waals surface area contributed by atoms with Crippen LogP contribution in [0.25, 0.3) is 10.9 Å². The molecule has 1 aromatic carbocycles. The van der Waals surface area contributed by atoms with Crippen molar-refractivity contribution in [3.63, 3.8) is 0 Å². The summed E-state index contributed by atoms with van der Waals surface area (Å²) < 4.78 is 2.25. The van der Waals surface area contributed by atoms with Gasteiger partial charge in [-0.3, -0.25) is 4.98 Å². The van der Waals surface area contributed by atoms with E-state index in [1.807, 2.05) is 0 Å². The summed E-state index contributed by atoms with van der Waals surface area (Å²) in [4.78, 5) is 11.8. The Bertz CT molecular complexity index is 1080. The second kappa shape index (κ2) is 6.38. The van der Waals surface area contributed by atoms with Gasteiger partial charge >= 0.3 is 0 Å². The summed E-state index contributed by atoms with van der Waals surface area (Å²) in [6, 6.07) is 6.65. The van der Waals surface area contributed by atoms with E-state index in [9.17, 15) is 5.26 Å². The Morgan fingerprint density at radius 3 is 2.70 bits per heavy atom. The molecule has 138 valence electrons. The lowest BCUT2D eigenvalue weighted by atomic mass is 10.0. The van der Waals surface area contributed by atoms with Crippen molar-refractivity contribution in [1.29, 1.82) is 5.26 Å². The third-order valence-corrected chi connectivity index (χ3v) is 5.52. The van der Waals surface area contributed by atoms with Crippen molar-refractivity contribution in [2.24, 2.45) is 7.05 Å². The minimum absolute atomic E-state index is 0.399. The molecule has 5 nitrogen and oxygen atoms in total. The molecule has 0 aliphatic carbocycles. The predicted octanol–water partition coefficient (Wildman–Crippen LogP) is 4.14. The van der Waals surface area contributed by atoms with E-state index in [2.05, 4.69) is 67.4 Å². The number of imidazole rings is 1.